The van der Waals surface area contributed by atoms with Crippen LogP contribution in [0, 0.1) is 5.92 Å². The van der Waals surface area contributed by atoms with Crippen LogP contribution in [0.4, 0.5) is 29.3 Å². The highest BCUT2D eigenvalue weighted by Crippen LogP contribution is 2.34. The maximum atomic E-state index is 13.4. The molecule has 250 valence electrons. The van der Waals surface area contributed by atoms with Crippen LogP contribution in [0.25, 0.3) is 0 Å². The number of hydrogen-bond donors (Lipinski definition) is 4. The minimum absolute atomic E-state index is 0.0563. The van der Waals surface area contributed by atoms with E-state index in [4.69, 9.17) is 33.7 Å². The third-order valence-corrected chi connectivity index (χ3v) is 7.47. The molecule has 1 aliphatic carbocycles. The number of benzene rings is 3. The van der Waals surface area contributed by atoms with Gasteiger partial charge in [-0.05, 0) is 105 Å². The van der Waals surface area contributed by atoms with Gasteiger partial charge in [0.1, 0.15) is 17.0 Å². The zero-order valence-corrected chi connectivity index (χ0v) is 27.6. The fourth-order valence-corrected chi connectivity index (χ4v) is 5.00. The van der Waals surface area contributed by atoms with Crippen molar-refractivity contribution in [1.82, 2.24) is 10.6 Å². The lowest BCUT2D eigenvalue weighted by atomic mass is 9.97. The number of nitrogens with two attached hydrogens (primary N) is 1. The van der Waals surface area contributed by atoms with Crippen LogP contribution in [0.5, 0.6) is 0 Å². The summed E-state index contributed by atoms with van der Waals surface area (Å²) in [5.74, 6) is -0.360. The predicted octanol–water partition coefficient (Wildman–Crippen LogP) is 8.22. The third kappa shape index (κ3) is 11.3. The molecular formula is C34H36Cl2F3N5O3. The smallest absolute Gasteiger partial charge is 0.430 e. The first-order valence-electron chi connectivity index (χ1n) is 14.9. The Balaban J connectivity index is 1.60. The van der Waals surface area contributed by atoms with Crippen molar-refractivity contribution < 1.29 is 27.5 Å². The quantitative estimate of drug-likeness (QED) is 0.151. The Morgan fingerprint density at radius 1 is 1.04 bits per heavy atom. The van der Waals surface area contributed by atoms with Crippen LogP contribution < -0.4 is 21.7 Å². The molecule has 1 fully saturated rings. The first kappa shape index (κ1) is 35.8. The van der Waals surface area contributed by atoms with Gasteiger partial charge in [-0.1, -0.05) is 53.5 Å². The molecule has 1 atom stereocenters. The molecule has 0 radical (unpaired) electrons. The van der Waals surface area contributed by atoms with E-state index in [-0.39, 0.29) is 18.3 Å². The second kappa shape index (κ2) is 15.2. The Hall–Kier alpha value is -4.06. The van der Waals surface area contributed by atoms with Crippen molar-refractivity contribution in [3.63, 3.8) is 0 Å². The van der Waals surface area contributed by atoms with E-state index in [1.165, 1.54) is 12.1 Å². The van der Waals surface area contributed by atoms with Crippen LogP contribution in [0.3, 0.4) is 0 Å². The van der Waals surface area contributed by atoms with Crippen molar-refractivity contribution in [3.05, 3.63) is 105 Å². The average Bonchev–Trinajstić information content (AvgIpc) is 3.80. The molecule has 0 aliphatic heterocycles. The van der Waals surface area contributed by atoms with E-state index < -0.39 is 35.2 Å². The van der Waals surface area contributed by atoms with Gasteiger partial charge in [-0.3, -0.25) is 4.79 Å². The average molecular weight is 691 g/mol. The van der Waals surface area contributed by atoms with Crippen LogP contribution >= 0.6 is 23.2 Å². The summed E-state index contributed by atoms with van der Waals surface area (Å²) < 4.78 is 45.5. The van der Waals surface area contributed by atoms with Gasteiger partial charge in [-0.15, -0.1) is 0 Å². The summed E-state index contributed by atoms with van der Waals surface area (Å²) in [6.45, 7) is 5.99. The zero-order valence-electron chi connectivity index (χ0n) is 26.1. The lowest BCUT2D eigenvalue weighted by molar-refractivity contribution is -0.110. The molecule has 13 heteroatoms. The number of nitrogens with one attached hydrogen (secondary N) is 3. The highest BCUT2D eigenvalue weighted by molar-refractivity contribution is 6.47. The molecule has 2 amide bonds. The molecule has 0 heterocycles. The van der Waals surface area contributed by atoms with Crippen LogP contribution in [0.1, 0.15) is 56.3 Å². The minimum Gasteiger partial charge on any atom is -0.444 e. The summed E-state index contributed by atoms with van der Waals surface area (Å²) in [4.78, 5) is 29.7. The summed E-state index contributed by atoms with van der Waals surface area (Å²) in [7, 11) is 0. The first-order chi connectivity index (χ1) is 22.1. The highest BCUT2D eigenvalue weighted by atomic mass is 35.5. The van der Waals surface area contributed by atoms with E-state index >= 15 is 0 Å². The molecule has 1 saturated carbocycles. The number of alkyl halides is 3. The second-order valence-electron chi connectivity index (χ2n) is 12.1. The molecule has 3 aromatic rings. The third-order valence-electron chi connectivity index (χ3n) is 6.91. The van der Waals surface area contributed by atoms with Gasteiger partial charge in [0.25, 0.3) is 5.91 Å². The molecule has 8 nitrogen and oxygen atoms in total. The van der Waals surface area contributed by atoms with Crippen molar-refractivity contribution in [2.24, 2.45) is 16.6 Å². The lowest BCUT2D eigenvalue weighted by Gasteiger charge is -2.22. The van der Waals surface area contributed by atoms with Crippen molar-refractivity contribution >= 4 is 52.3 Å². The van der Waals surface area contributed by atoms with Crippen LogP contribution in [-0.2, 0) is 16.1 Å². The van der Waals surface area contributed by atoms with Gasteiger partial charge in [0.2, 0.25) is 0 Å². The van der Waals surface area contributed by atoms with Crippen LogP contribution in [0.15, 0.2) is 83.5 Å². The van der Waals surface area contributed by atoms with Gasteiger partial charge in [-0.25, -0.2) is 9.79 Å². The molecule has 1 aliphatic rings. The number of carbonyl (C=O) groups excluding carboxylic acids is 2. The summed E-state index contributed by atoms with van der Waals surface area (Å²) in [5.41, 5.74) is 5.13. The monoisotopic (exact) mass is 689 g/mol. The highest BCUT2D eigenvalue weighted by Gasteiger charge is 2.32. The molecule has 0 bridgehead atoms. The minimum atomic E-state index is -4.89. The van der Waals surface area contributed by atoms with Gasteiger partial charge in [-0.2, -0.15) is 13.2 Å². The van der Waals surface area contributed by atoms with Crippen LogP contribution in [0.2, 0.25) is 10.0 Å². The number of amides is 2. The fraction of sp³-hybridized carbons (Fsp3) is 0.324. The number of halogens is 5. The summed E-state index contributed by atoms with van der Waals surface area (Å²) >= 11 is 12.7. The normalized spacial score (nSPS) is 14.8. The SMILES string of the molecule is CC(C)(C)OC(=O)NCc1cccc(N=C(C=C(N)C(F)(F)F)C(=O)Nc2cccc(C(NCC3CC3)c3ccc(Cl)cc3Cl)c2)c1. The number of rotatable bonds is 11. The second-order valence-corrected chi connectivity index (χ2v) is 13.0. The molecule has 1 unspecified atom stereocenters. The molecule has 47 heavy (non-hydrogen) atoms. The van der Waals surface area contributed by atoms with Crippen molar-refractivity contribution in [3.8, 4) is 0 Å². The summed E-state index contributed by atoms with van der Waals surface area (Å²) in [6.07, 6.45) is -2.79. The van der Waals surface area contributed by atoms with Gasteiger partial charge in [0.15, 0.2) is 0 Å². The molecule has 0 saturated heterocycles. The van der Waals surface area contributed by atoms with Gasteiger partial charge in [0, 0.05) is 22.3 Å². The van der Waals surface area contributed by atoms with Crippen LogP contribution in [-0.4, -0.2) is 36.0 Å². The largest absolute Gasteiger partial charge is 0.444 e. The standard InChI is InChI=1S/C34H36Cl2F3N5O3/c1-33(2,3)47-32(46)42-19-21-6-4-8-24(14-21)43-28(17-29(40)34(37,38)39)31(45)44-25-9-5-7-22(15-25)30(41-18-20-10-11-20)26-13-12-23(35)16-27(26)36/h4-9,12-17,20,30,41H,10-11,18-19,40H2,1-3H3,(H,42,46)(H,44,45). The van der Waals surface area contributed by atoms with Gasteiger partial charge >= 0.3 is 12.3 Å². The first-order valence-corrected chi connectivity index (χ1v) is 15.6. The Kier molecular flexibility index (Phi) is 11.6. The fourth-order valence-electron chi connectivity index (χ4n) is 4.48. The number of alkyl carbamates (subject to hydrolysis) is 1. The van der Waals surface area contributed by atoms with E-state index in [0.29, 0.717) is 33.3 Å². The van der Waals surface area contributed by atoms with E-state index in [1.54, 1.807) is 63.2 Å². The Labute approximate surface area is 281 Å². The number of anilines is 1. The topological polar surface area (TPSA) is 118 Å². The van der Waals surface area contributed by atoms with E-state index in [1.807, 2.05) is 12.1 Å². The molecule has 0 spiro atoms. The lowest BCUT2D eigenvalue weighted by Crippen LogP contribution is -2.32. The molecule has 4 rings (SSSR count). The summed E-state index contributed by atoms with van der Waals surface area (Å²) in [5, 5.41) is 9.75. The van der Waals surface area contributed by atoms with Crippen molar-refractivity contribution in [2.45, 2.75) is 58.0 Å². The number of carbonyl (C=O) groups is 2. The van der Waals surface area contributed by atoms with Crippen molar-refractivity contribution in [1.29, 1.82) is 0 Å². The Morgan fingerprint density at radius 3 is 2.43 bits per heavy atom. The number of allylic oxidation sites excluding steroid dienone is 1. The van der Waals surface area contributed by atoms with Gasteiger partial charge in [0.05, 0.1) is 11.7 Å². The molecule has 0 aromatic heterocycles. The number of hydrogen-bond acceptors (Lipinski definition) is 6. The zero-order chi connectivity index (χ0) is 34.4. The van der Waals surface area contributed by atoms with Gasteiger partial charge < -0.3 is 26.4 Å². The Morgan fingerprint density at radius 2 is 1.77 bits per heavy atom. The Bertz CT molecular complexity index is 1670. The molecule has 3 aromatic carbocycles. The van der Waals surface area contributed by atoms with Crippen molar-refractivity contribution in [2.75, 3.05) is 11.9 Å². The predicted molar refractivity (Wildman–Crippen MR) is 179 cm³/mol. The van der Waals surface area contributed by atoms with E-state index in [2.05, 4.69) is 20.9 Å². The molecule has 5 N–H and O–H groups in total. The van der Waals surface area contributed by atoms with E-state index in [0.717, 1.165) is 30.5 Å². The maximum absolute atomic E-state index is 13.4. The number of nitrogens with zero attached hydrogens (tertiary/aromatic N) is 1. The number of ether oxygens (including phenoxy) is 1. The molecular weight excluding hydrogens is 654 g/mol. The maximum Gasteiger partial charge on any atom is 0.430 e. The van der Waals surface area contributed by atoms with E-state index in [9.17, 15) is 22.8 Å². The number of aliphatic imine (C=N–C) groups is 1. The summed E-state index contributed by atoms with van der Waals surface area (Å²) in [6, 6.07) is 18.1.